The van der Waals surface area contributed by atoms with Gasteiger partial charge in [-0.1, -0.05) is 47.8 Å². The molecule has 3 heterocycles. The van der Waals surface area contributed by atoms with Crippen molar-refractivity contribution in [1.29, 1.82) is 0 Å². The lowest BCUT2D eigenvalue weighted by Gasteiger charge is -2.28. The summed E-state index contributed by atoms with van der Waals surface area (Å²) in [6, 6.07) is 1.81. The van der Waals surface area contributed by atoms with Gasteiger partial charge in [-0.25, -0.2) is 15.0 Å². The van der Waals surface area contributed by atoms with E-state index in [9.17, 15) is 0 Å². The lowest BCUT2D eigenvalue weighted by Crippen LogP contribution is -2.32. The Morgan fingerprint density at radius 1 is 1.31 bits per heavy atom. The average Bonchev–Trinajstić information content (AvgIpc) is 2.65. The largest absolute Gasteiger partial charge is 0.381 e. The Hall–Kier alpha value is -1.52. The van der Waals surface area contributed by atoms with Gasteiger partial charge < -0.3 is 10.6 Å². The number of rotatable bonds is 3. The van der Waals surface area contributed by atoms with Crippen molar-refractivity contribution in [1.82, 2.24) is 19.9 Å². The van der Waals surface area contributed by atoms with Crippen molar-refractivity contribution in [3.05, 3.63) is 34.3 Å². The first-order valence-corrected chi connectivity index (χ1v) is 9.98. The molecule has 0 atom stereocenters. The van der Waals surface area contributed by atoms with Crippen LogP contribution in [0.4, 0.5) is 5.82 Å². The van der Waals surface area contributed by atoms with E-state index in [0.29, 0.717) is 21.7 Å². The fourth-order valence-corrected chi connectivity index (χ4v) is 3.90. The Morgan fingerprint density at radius 3 is 2.77 bits per heavy atom. The second-order valence-corrected chi connectivity index (χ2v) is 7.73. The van der Waals surface area contributed by atoms with Gasteiger partial charge in [0.15, 0.2) is 5.82 Å². The molecule has 2 aromatic rings. The minimum Gasteiger partial charge on any atom is -0.381 e. The van der Waals surface area contributed by atoms with E-state index in [1.165, 1.54) is 18.0 Å². The molecular weight excluding hydrogens is 389 g/mol. The van der Waals surface area contributed by atoms with E-state index in [-0.39, 0.29) is 11.0 Å². The number of halogens is 2. The summed E-state index contributed by atoms with van der Waals surface area (Å²) >= 11 is 13.6. The molecule has 8 heteroatoms. The van der Waals surface area contributed by atoms with Gasteiger partial charge in [0.2, 0.25) is 0 Å². The summed E-state index contributed by atoms with van der Waals surface area (Å²) in [5, 5.41) is 1.31. The third kappa shape index (κ3) is 4.80. The first-order valence-electron chi connectivity index (χ1n) is 8.41. The normalized spacial score (nSPS) is 15.5. The van der Waals surface area contributed by atoms with Crippen LogP contribution in [0.5, 0.6) is 0 Å². The Bertz CT molecular complexity index is 841. The van der Waals surface area contributed by atoms with Gasteiger partial charge in [-0.15, -0.1) is 0 Å². The summed E-state index contributed by atoms with van der Waals surface area (Å²) in [7, 11) is 0. The lowest BCUT2D eigenvalue weighted by molar-refractivity contribution is 0.216. The summed E-state index contributed by atoms with van der Waals surface area (Å²) in [6.45, 7) is 5.49. The van der Waals surface area contributed by atoms with Crippen LogP contribution in [-0.4, -0.2) is 39.5 Å². The molecule has 0 bridgehead atoms. The third-order valence-corrected chi connectivity index (χ3v) is 5.97. The second-order valence-electron chi connectivity index (χ2n) is 5.93. The maximum atomic E-state index is 6.50. The van der Waals surface area contributed by atoms with Gasteiger partial charge in [0.1, 0.15) is 15.9 Å². The highest BCUT2D eigenvalue weighted by Gasteiger charge is 2.16. The fourth-order valence-electron chi connectivity index (χ4n) is 2.71. The van der Waals surface area contributed by atoms with Crippen molar-refractivity contribution in [3.8, 4) is 11.8 Å². The maximum Gasteiger partial charge on any atom is 0.158 e. The molecule has 0 saturated carbocycles. The first kappa shape index (κ1) is 19.2. The first-order chi connectivity index (χ1) is 12.6. The number of hydrogen-bond acceptors (Lipinski definition) is 6. The summed E-state index contributed by atoms with van der Waals surface area (Å²) in [4.78, 5) is 15.7. The number of nitrogens with zero attached hydrogens (tertiary/aromatic N) is 4. The van der Waals surface area contributed by atoms with Gasteiger partial charge in [0, 0.05) is 17.0 Å². The Kier molecular flexibility index (Phi) is 6.60. The van der Waals surface area contributed by atoms with Gasteiger partial charge in [-0.05, 0) is 44.5 Å². The van der Waals surface area contributed by atoms with Crippen LogP contribution in [0.25, 0.3) is 0 Å². The Balaban J connectivity index is 1.75. The van der Waals surface area contributed by atoms with E-state index in [2.05, 4.69) is 38.6 Å². The molecule has 1 aliphatic rings. The number of likely N-dealkylation sites (tertiary alicyclic amines) is 1. The molecule has 0 amide bonds. The predicted molar refractivity (Wildman–Crippen MR) is 107 cm³/mol. The molecule has 0 aliphatic carbocycles. The second kappa shape index (κ2) is 8.92. The summed E-state index contributed by atoms with van der Waals surface area (Å²) in [6.07, 6.45) is 5.32. The number of hydrogen-bond donors (Lipinski definition) is 1. The molecule has 0 radical (unpaired) electrons. The van der Waals surface area contributed by atoms with E-state index in [1.807, 2.05) is 6.07 Å². The molecule has 0 spiro atoms. The SMILES string of the molecule is CCN1CCC(C#Cc2nccc(Sc3ncc(Cl)nc3N)c2Cl)CC1. The van der Waals surface area contributed by atoms with Gasteiger partial charge >= 0.3 is 0 Å². The van der Waals surface area contributed by atoms with Gasteiger partial charge in [0.05, 0.1) is 11.2 Å². The van der Waals surface area contributed by atoms with Crippen molar-refractivity contribution < 1.29 is 0 Å². The van der Waals surface area contributed by atoms with Crippen LogP contribution in [0.1, 0.15) is 25.5 Å². The van der Waals surface area contributed by atoms with Crippen LogP contribution in [0.2, 0.25) is 10.2 Å². The van der Waals surface area contributed by atoms with E-state index in [0.717, 1.165) is 37.4 Å². The quantitative estimate of drug-likeness (QED) is 0.775. The van der Waals surface area contributed by atoms with Crippen LogP contribution in [0.3, 0.4) is 0 Å². The number of nitrogen functional groups attached to an aromatic ring is 1. The van der Waals surface area contributed by atoms with Crippen LogP contribution in [0, 0.1) is 17.8 Å². The summed E-state index contributed by atoms with van der Waals surface area (Å²) in [5.41, 5.74) is 6.45. The third-order valence-electron chi connectivity index (χ3n) is 4.22. The maximum absolute atomic E-state index is 6.50. The standard InChI is InChI=1S/C18H19Cl2N5S/c1-2-25-9-6-12(7-10-25)3-4-13-16(20)14(5-8-22-13)26-18-17(21)24-15(19)11-23-18/h5,8,11-12H,2,6-7,9-10H2,1H3,(H2,21,24). The smallest absolute Gasteiger partial charge is 0.158 e. The van der Waals surface area contributed by atoms with Crippen molar-refractivity contribution in [2.75, 3.05) is 25.4 Å². The summed E-state index contributed by atoms with van der Waals surface area (Å²) < 4.78 is 0. The number of aromatic nitrogens is 3. The highest BCUT2D eigenvalue weighted by Crippen LogP contribution is 2.35. The molecule has 1 saturated heterocycles. The molecule has 1 aliphatic heterocycles. The molecule has 1 fully saturated rings. The van der Waals surface area contributed by atoms with E-state index in [1.54, 1.807) is 6.20 Å². The van der Waals surface area contributed by atoms with Gasteiger partial charge in [-0.3, -0.25) is 0 Å². The summed E-state index contributed by atoms with van der Waals surface area (Å²) in [5.74, 6) is 7.14. The van der Waals surface area contributed by atoms with Crippen molar-refractivity contribution in [2.45, 2.75) is 29.7 Å². The topological polar surface area (TPSA) is 67.9 Å². The van der Waals surface area contributed by atoms with Crippen LogP contribution < -0.4 is 5.73 Å². The fraction of sp³-hybridized carbons (Fsp3) is 0.389. The monoisotopic (exact) mass is 407 g/mol. The zero-order valence-electron chi connectivity index (χ0n) is 14.4. The molecule has 26 heavy (non-hydrogen) atoms. The molecule has 5 nitrogen and oxygen atoms in total. The van der Waals surface area contributed by atoms with Crippen molar-refractivity contribution in [3.63, 3.8) is 0 Å². The van der Waals surface area contributed by atoms with E-state index < -0.39 is 0 Å². The van der Waals surface area contributed by atoms with Gasteiger partial charge in [0.25, 0.3) is 0 Å². The zero-order chi connectivity index (χ0) is 18.5. The van der Waals surface area contributed by atoms with Crippen LogP contribution >= 0.6 is 35.0 Å². The average molecular weight is 408 g/mol. The number of pyridine rings is 1. The number of anilines is 1. The Labute approximate surface area is 167 Å². The van der Waals surface area contributed by atoms with E-state index in [4.69, 9.17) is 28.9 Å². The van der Waals surface area contributed by atoms with Crippen molar-refractivity contribution >= 4 is 40.8 Å². The van der Waals surface area contributed by atoms with Crippen molar-refractivity contribution in [2.24, 2.45) is 5.92 Å². The number of nitrogens with two attached hydrogens (primary N) is 1. The highest BCUT2D eigenvalue weighted by atomic mass is 35.5. The van der Waals surface area contributed by atoms with Crippen LogP contribution in [-0.2, 0) is 0 Å². The molecule has 2 N–H and O–H groups in total. The minimum absolute atomic E-state index is 0.258. The highest BCUT2D eigenvalue weighted by molar-refractivity contribution is 7.99. The molecule has 0 aromatic carbocycles. The molecule has 2 aromatic heterocycles. The van der Waals surface area contributed by atoms with Gasteiger partial charge in [-0.2, -0.15) is 0 Å². The van der Waals surface area contributed by atoms with E-state index >= 15 is 0 Å². The van der Waals surface area contributed by atoms with Crippen LogP contribution in [0.15, 0.2) is 28.4 Å². The molecule has 0 unspecified atom stereocenters. The molecule has 136 valence electrons. The Morgan fingerprint density at radius 2 is 2.08 bits per heavy atom. The minimum atomic E-state index is 0.258. The molecular formula is C18H19Cl2N5S. The zero-order valence-corrected chi connectivity index (χ0v) is 16.7. The predicted octanol–water partition coefficient (Wildman–Crippen LogP) is 4.00. The number of piperidine rings is 1. The molecule has 3 rings (SSSR count). The lowest BCUT2D eigenvalue weighted by atomic mass is 9.97.